The van der Waals surface area contributed by atoms with Gasteiger partial charge in [-0.05, 0) is 24.3 Å². The van der Waals surface area contributed by atoms with Crippen molar-refractivity contribution < 1.29 is 9.18 Å². The minimum absolute atomic E-state index is 0.00311. The second-order valence-corrected chi connectivity index (χ2v) is 4.73. The van der Waals surface area contributed by atoms with Gasteiger partial charge in [0.2, 0.25) is 0 Å². The summed E-state index contributed by atoms with van der Waals surface area (Å²) in [4.78, 5) is 15.5. The SMILES string of the molecule is O=C(Nc1cccc(Br)c1)c1cc(F)cnc1Cl. The van der Waals surface area contributed by atoms with Gasteiger partial charge in [0, 0.05) is 10.2 Å². The Morgan fingerprint density at radius 2 is 2.17 bits per heavy atom. The molecule has 0 spiro atoms. The van der Waals surface area contributed by atoms with E-state index >= 15 is 0 Å². The Morgan fingerprint density at radius 1 is 1.39 bits per heavy atom. The van der Waals surface area contributed by atoms with Crippen LogP contribution in [0.5, 0.6) is 0 Å². The number of pyridine rings is 1. The Morgan fingerprint density at radius 3 is 2.89 bits per heavy atom. The van der Waals surface area contributed by atoms with Gasteiger partial charge in [-0.15, -0.1) is 0 Å². The first kappa shape index (κ1) is 13.0. The number of nitrogens with zero attached hydrogens (tertiary/aromatic N) is 1. The van der Waals surface area contributed by atoms with E-state index in [4.69, 9.17) is 11.6 Å². The van der Waals surface area contributed by atoms with Crippen molar-refractivity contribution in [3.8, 4) is 0 Å². The molecule has 1 aromatic carbocycles. The Balaban J connectivity index is 2.24. The summed E-state index contributed by atoms with van der Waals surface area (Å²) in [6.45, 7) is 0. The summed E-state index contributed by atoms with van der Waals surface area (Å²) < 4.78 is 13.8. The summed E-state index contributed by atoms with van der Waals surface area (Å²) in [7, 11) is 0. The van der Waals surface area contributed by atoms with E-state index in [0.717, 1.165) is 16.7 Å². The third-order valence-corrected chi connectivity index (χ3v) is 2.93. The number of rotatable bonds is 2. The van der Waals surface area contributed by atoms with Crippen LogP contribution in [0.15, 0.2) is 41.0 Å². The number of carbonyl (C=O) groups is 1. The summed E-state index contributed by atoms with van der Waals surface area (Å²) in [5.41, 5.74) is 0.575. The van der Waals surface area contributed by atoms with Gasteiger partial charge in [0.1, 0.15) is 11.0 Å². The largest absolute Gasteiger partial charge is 0.322 e. The maximum Gasteiger partial charge on any atom is 0.258 e. The number of carbonyl (C=O) groups excluding carboxylic acids is 1. The van der Waals surface area contributed by atoms with Crippen LogP contribution in [0.25, 0.3) is 0 Å². The Kier molecular flexibility index (Phi) is 3.93. The van der Waals surface area contributed by atoms with Crippen molar-refractivity contribution in [2.45, 2.75) is 0 Å². The number of halogens is 3. The van der Waals surface area contributed by atoms with Crippen LogP contribution in [0.3, 0.4) is 0 Å². The second kappa shape index (κ2) is 5.46. The molecule has 6 heteroatoms. The maximum atomic E-state index is 13.0. The number of amides is 1. The van der Waals surface area contributed by atoms with Gasteiger partial charge in [-0.25, -0.2) is 9.37 Å². The average molecular weight is 330 g/mol. The van der Waals surface area contributed by atoms with Crippen molar-refractivity contribution in [1.82, 2.24) is 4.98 Å². The molecular formula is C12H7BrClFN2O. The van der Waals surface area contributed by atoms with E-state index in [0.29, 0.717) is 5.69 Å². The minimum atomic E-state index is -0.612. The van der Waals surface area contributed by atoms with E-state index in [1.54, 1.807) is 18.2 Å². The quantitative estimate of drug-likeness (QED) is 0.849. The molecule has 0 aliphatic heterocycles. The molecule has 0 saturated carbocycles. The first-order valence-electron chi connectivity index (χ1n) is 4.94. The molecule has 2 rings (SSSR count). The summed E-state index contributed by atoms with van der Waals surface area (Å²) in [6, 6.07) is 8.07. The van der Waals surface area contributed by atoms with Gasteiger partial charge in [0.25, 0.3) is 5.91 Å². The maximum absolute atomic E-state index is 13.0. The molecule has 0 saturated heterocycles. The highest BCUT2D eigenvalue weighted by molar-refractivity contribution is 9.10. The number of hydrogen-bond acceptors (Lipinski definition) is 2. The number of hydrogen-bond donors (Lipinski definition) is 1. The number of nitrogens with one attached hydrogen (secondary N) is 1. The van der Waals surface area contributed by atoms with Crippen LogP contribution in [0.2, 0.25) is 5.15 Å². The van der Waals surface area contributed by atoms with Crippen LogP contribution in [0.4, 0.5) is 10.1 Å². The van der Waals surface area contributed by atoms with Crippen molar-refractivity contribution in [3.05, 3.63) is 57.5 Å². The van der Waals surface area contributed by atoms with E-state index in [1.807, 2.05) is 6.07 Å². The van der Waals surface area contributed by atoms with Crippen molar-refractivity contribution in [2.75, 3.05) is 5.32 Å². The van der Waals surface area contributed by atoms with E-state index < -0.39 is 11.7 Å². The van der Waals surface area contributed by atoms with Crippen LogP contribution in [0, 0.1) is 5.82 Å². The topological polar surface area (TPSA) is 42.0 Å². The summed E-state index contributed by atoms with van der Waals surface area (Å²) in [5.74, 6) is -1.12. The predicted octanol–water partition coefficient (Wildman–Crippen LogP) is 3.89. The van der Waals surface area contributed by atoms with Crippen molar-refractivity contribution in [2.24, 2.45) is 0 Å². The Hall–Kier alpha value is -1.46. The lowest BCUT2D eigenvalue weighted by Gasteiger charge is -2.06. The van der Waals surface area contributed by atoms with E-state index in [1.165, 1.54) is 0 Å². The Bertz CT molecular complexity index is 606. The van der Waals surface area contributed by atoms with E-state index in [-0.39, 0.29) is 10.7 Å². The normalized spacial score (nSPS) is 10.2. The molecule has 1 amide bonds. The lowest BCUT2D eigenvalue weighted by atomic mass is 10.2. The first-order chi connectivity index (χ1) is 8.56. The molecule has 92 valence electrons. The molecule has 0 aliphatic rings. The molecule has 0 aliphatic carbocycles. The van der Waals surface area contributed by atoms with Crippen LogP contribution >= 0.6 is 27.5 Å². The monoisotopic (exact) mass is 328 g/mol. The van der Waals surface area contributed by atoms with E-state index in [9.17, 15) is 9.18 Å². The fourth-order valence-electron chi connectivity index (χ4n) is 1.35. The first-order valence-corrected chi connectivity index (χ1v) is 6.11. The number of aromatic nitrogens is 1. The van der Waals surface area contributed by atoms with Gasteiger partial charge >= 0.3 is 0 Å². The van der Waals surface area contributed by atoms with Crippen LogP contribution < -0.4 is 5.32 Å². The third-order valence-electron chi connectivity index (χ3n) is 2.13. The molecule has 1 aromatic heterocycles. The fraction of sp³-hybridized carbons (Fsp3) is 0. The molecule has 0 bridgehead atoms. The molecule has 18 heavy (non-hydrogen) atoms. The highest BCUT2D eigenvalue weighted by Crippen LogP contribution is 2.19. The summed E-state index contributed by atoms with van der Waals surface area (Å²) in [6.07, 6.45) is 0.957. The van der Waals surface area contributed by atoms with Crippen LogP contribution in [-0.4, -0.2) is 10.9 Å². The zero-order valence-corrected chi connectivity index (χ0v) is 11.3. The molecule has 0 unspecified atom stereocenters. The van der Waals surface area contributed by atoms with Crippen molar-refractivity contribution in [3.63, 3.8) is 0 Å². The highest BCUT2D eigenvalue weighted by Gasteiger charge is 2.13. The lowest BCUT2D eigenvalue weighted by molar-refractivity contribution is 0.102. The van der Waals surface area contributed by atoms with Crippen LogP contribution in [-0.2, 0) is 0 Å². The zero-order chi connectivity index (χ0) is 13.1. The molecular weight excluding hydrogens is 322 g/mol. The third kappa shape index (κ3) is 3.05. The molecule has 3 nitrogen and oxygen atoms in total. The minimum Gasteiger partial charge on any atom is -0.322 e. The Labute approximate surface area is 116 Å². The molecule has 0 atom stereocenters. The van der Waals surface area contributed by atoms with Gasteiger partial charge in [0.15, 0.2) is 0 Å². The number of benzene rings is 1. The van der Waals surface area contributed by atoms with Gasteiger partial charge in [-0.2, -0.15) is 0 Å². The second-order valence-electron chi connectivity index (χ2n) is 3.46. The lowest BCUT2D eigenvalue weighted by Crippen LogP contribution is -2.13. The van der Waals surface area contributed by atoms with Crippen molar-refractivity contribution >= 4 is 39.1 Å². The van der Waals surface area contributed by atoms with Gasteiger partial charge in [0.05, 0.1) is 11.8 Å². The smallest absolute Gasteiger partial charge is 0.258 e. The average Bonchev–Trinajstić information content (AvgIpc) is 2.32. The highest BCUT2D eigenvalue weighted by atomic mass is 79.9. The van der Waals surface area contributed by atoms with Crippen molar-refractivity contribution in [1.29, 1.82) is 0 Å². The molecule has 0 radical (unpaired) electrons. The molecule has 1 N–H and O–H groups in total. The van der Waals surface area contributed by atoms with E-state index in [2.05, 4.69) is 26.2 Å². The number of anilines is 1. The molecule has 1 heterocycles. The summed E-state index contributed by atoms with van der Waals surface area (Å²) >= 11 is 9.03. The summed E-state index contributed by atoms with van der Waals surface area (Å²) in [5, 5.41) is 2.57. The molecule has 2 aromatic rings. The van der Waals surface area contributed by atoms with Gasteiger partial charge < -0.3 is 5.32 Å². The zero-order valence-electron chi connectivity index (χ0n) is 8.95. The molecule has 0 fully saturated rings. The predicted molar refractivity (Wildman–Crippen MR) is 71.3 cm³/mol. The van der Waals surface area contributed by atoms with Gasteiger partial charge in [-0.3, -0.25) is 4.79 Å². The standard InChI is InChI=1S/C12H7BrClFN2O/c13-7-2-1-3-9(4-7)17-12(18)10-5-8(15)6-16-11(10)14/h1-6H,(H,17,18). The fourth-order valence-corrected chi connectivity index (χ4v) is 1.93. The van der Waals surface area contributed by atoms with Gasteiger partial charge in [-0.1, -0.05) is 33.6 Å². The van der Waals surface area contributed by atoms with Crippen LogP contribution in [0.1, 0.15) is 10.4 Å².